The Hall–Kier alpha value is -2.08. The first-order chi connectivity index (χ1) is 16.7. The number of carbonyl (C=O) groups excluding carboxylic acids is 2. The number of fused-ring (bicyclic) bond motifs is 5. The molecule has 4 aliphatic rings. The van der Waals surface area contributed by atoms with Gasteiger partial charge in [0.05, 0.1) is 6.10 Å². The topological polar surface area (TPSA) is 77.8 Å². The van der Waals surface area contributed by atoms with Gasteiger partial charge in [0.25, 0.3) is 0 Å². The van der Waals surface area contributed by atoms with Crippen molar-refractivity contribution in [1.82, 2.24) is 4.90 Å². The van der Waals surface area contributed by atoms with Gasteiger partial charge >= 0.3 is 0 Å². The van der Waals surface area contributed by atoms with E-state index in [4.69, 9.17) is 0 Å². The minimum Gasteiger partial charge on any atom is -0.393 e. The van der Waals surface area contributed by atoms with Crippen molar-refractivity contribution in [2.24, 2.45) is 40.4 Å². The number of rotatable bonds is 6. The molecule has 35 heavy (non-hydrogen) atoms. The van der Waals surface area contributed by atoms with Crippen molar-refractivity contribution >= 4 is 11.6 Å². The number of hydrogen-bond acceptors (Lipinski definition) is 5. The van der Waals surface area contributed by atoms with Crippen molar-refractivity contribution in [1.29, 1.82) is 0 Å². The molecule has 3 unspecified atom stereocenters. The highest BCUT2D eigenvalue weighted by Gasteiger charge is 2.64. The molecule has 0 bridgehead atoms. The van der Waals surface area contributed by atoms with Gasteiger partial charge in [0.15, 0.2) is 11.6 Å². The Labute approximate surface area is 208 Å². The first-order valence-corrected chi connectivity index (χ1v) is 13.2. The van der Waals surface area contributed by atoms with E-state index in [0.717, 1.165) is 37.9 Å². The molecule has 188 valence electrons. The van der Waals surface area contributed by atoms with Crippen LogP contribution in [0.1, 0.15) is 45.1 Å². The smallest absolute Gasteiger partial charge is 0.178 e. The summed E-state index contributed by atoms with van der Waals surface area (Å²) in [6.45, 7) is 5.55. The van der Waals surface area contributed by atoms with Crippen LogP contribution in [0, 0.1) is 40.4 Å². The summed E-state index contributed by atoms with van der Waals surface area (Å²) in [7, 11) is 2.11. The molecular formula is C30H39NO4. The number of nitrogens with zero attached hydrogens (tertiary/aromatic N) is 1. The first kappa shape index (κ1) is 24.6. The average Bonchev–Trinajstić information content (AvgIpc) is 3.10. The second-order valence-electron chi connectivity index (χ2n) is 12.1. The van der Waals surface area contributed by atoms with E-state index in [1.807, 2.05) is 24.3 Å². The number of carbonyl (C=O) groups is 2. The van der Waals surface area contributed by atoms with Gasteiger partial charge < -0.3 is 15.1 Å². The number of Topliss-reactive ketones (excluding diaryl/α,β-unsaturated/α-hetero) is 1. The average molecular weight is 478 g/mol. The van der Waals surface area contributed by atoms with Crippen LogP contribution in [0.3, 0.4) is 0 Å². The molecule has 0 amide bonds. The zero-order chi connectivity index (χ0) is 25.0. The minimum atomic E-state index is -0.539. The lowest BCUT2D eigenvalue weighted by atomic mass is 9.46. The molecule has 3 fully saturated rings. The molecule has 0 aliphatic heterocycles. The highest BCUT2D eigenvalue weighted by molar-refractivity contribution is 6.01. The van der Waals surface area contributed by atoms with Gasteiger partial charge in [-0.3, -0.25) is 9.59 Å². The maximum atomic E-state index is 13.2. The van der Waals surface area contributed by atoms with E-state index >= 15 is 0 Å². The summed E-state index contributed by atoms with van der Waals surface area (Å²) >= 11 is 0. The fourth-order valence-electron chi connectivity index (χ4n) is 8.78. The molecule has 5 nitrogen and oxygen atoms in total. The maximum absolute atomic E-state index is 13.2. The van der Waals surface area contributed by atoms with Crippen molar-refractivity contribution in [2.45, 2.75) is 52.2 Å². The molecular weight excluding hydrogens is 438 g/mol. The number of ketones is 2. The predicted molar refractivity (Wildman–Crippen MR) is 135 cm³/mol. The molecule has 8 atom stereocenters. The third kappa shape index (κ3) is 4.06. The Kier molecular flexibility index (Phi) is 6.40. The zero-order valence-corrected chi connectivity index (χ0v) is 21.2. The quantitative estimate of drug-likeness (QED) is 0.652. The van der Waals surface area contributed by atoms with E-state index in [1.54, 1.807) is 12.2 Å². The van der Waals surface area contributed by atoms with Gasteiger partial charge in [-0.05, 0) is 73.6 Å². The van der Waals surface area contributed by atoms with Gasteiger partial charge in [0.1, 0.15) is 6.61 Å². The Balaban J connectivity index is 1.44. The van der Waals surface area contributed by atoms with Crippen LogP contribution in [-0.2, 0) is 16.1 Å². The lowest BCUT2D eigenvalue weighted by Gasteiger charge is -2.58. The Morgan fingerprint density at radius 1 is 1.20 bits per heavy atom. The normalized spacial score (nSPS) is 40.2. The van der Waals surface area contributed by atoms with Crippen molar-refractivity contribution in [3.8, 4) is 0 Å². The predicted octanol–water partition coefficient (Wildman–Crippen LogP) is 3.80. The summed E-state index contributed by atoms with van der Waals surface area (Å²) in [4.78, 5) is 27.6. The zero-order valence-electron chi connectivity index (χ0n) is 21.2. The number of allylic oxidation sites excluding steroid dienone is 4. The number of benzene rings is 1. The van der Waals surface area contributed by atoms with Crippen molar-refractivity contribution in [3.63, 3.8) is 0 Å². The van der Waals surface area contributed by atoms with Crippen LogP contribution in [0.25, 0.3) is 0 Å². The van der Waals surface area contributed by atoms with E-state index in [2.05, 4.69) is 37.9 Å². The van der Waals surface area contributed by atoms with Crippen LogP contribution in [0.2, 0.25) is 0 Å². The molecule has 2 N–H and O–H groups in total. The molecule has 0 heterocycles. The second-order valence-corrected chi connectivity index (χ2v) is 12.1. The summed E-state index contributed by atoms with van der Waals surface area (Å²) in [6.07, 6.45) is 8.26. The highest BCUT2D eigenvalue weighted by Crippen LogP contribution is 2.67. The lowest BCUT2D eigenvalue weighted by Crippen LogP contribution is -2.56. The van der Waals surface area contributed by atoms with Gasteiger partial charge in [-0.25, -0.2) is 0 Å². The summed E-state index contributed by atoms with van der Waals surface area (Å²) in [5, 5.41) is 21.5. The molecule has 1 aromatic carbocycles. The van der Waals surface area contributed by atoms with Crippen molar-refractivity contribution < 1.29 is 19.8 Å². The molecule has 4 aliphatic carbocycles. The Morgan fingerprint density at radius 2 is 1.94 bits per heavy atom. The molecule has 0 saturated heterocycles. The molecule has 0 spiro atoms. The SMILES string of the molecule is CN(Cc1ccccc1)C[C@@H]1CC2[C@@H]3CCC4=CC(=O)C=C[C@]4(C)C3[C@@H](O)C[C@]2(C)C1C(=O)CO. The van der Waals surface area contributed by atoms with Crippen LogP contribution < -0.4 is 0 Å². The summed E-state index contributed by atoms with van der Waals surface area (Å²) < 4.78 is 0. The Bertz CT molecular complexity index is 1050. The third-order valence-corrected chi connectivity index (χ3v) is 10.0. The fourth-order valence-corrected chi connectivity index (χ4v) is 8.78. The van der Waals surface area contributed by atoms with E-state index < -0.39 is 12.7 Å². The van der Waals surface area contributed by atoms with Crippen LogP contribution in [0.5, 0.6) is 0 Å². The number of aliphatic hydroxyl groups is 2. The van der Waals surface area contributed by atoms with Gasteiger partial charge in [0.2, 0.25) is 0 Å². The van der Waals surface area contributed by atoms with Gasteiger partial charge in [0, 0.05) is 30.3 Å². The maximum Gasteiger partial charge on any atom is 0.178 e. The van der Waals surface area contributed by atoms with E-state index in [0.29, 0.717) is 18.3 Å². The molecule has 3 saturated carbocycles. The van der Waals surface area contributed by atoms with Gasteiger partial charge in [-0.15, -0.1) is 0 Å². The molecule has 5 rings (SSSR count). The monoisotopic (exact) mass is 477 g/mol. The summed E-state index contributed by atoms with van der Waals surface area (Å²) in [5.74, 6) is 0.525. The van der Waals surface area contributed by atoms with Crippen molar-refractivity contribution in [2.75, 3.05) is 20.2 Å². The van der Waals surface area contributed by atoms with Gasteiger partial charge in [-0.1, -0.05) is 55.8 Å². The lowest BCUT2D eigenvalue weighted by molar-refractivity contribution is -0.142. The van der Waals surface area contributed by atoms with E-state index in [-0.39, 0.29) is 40.2 Å². The van der Waals surface area contributed by atoms with Crippen LogP contribution in [-0.4, -0.2) is 53.0 Å². The van der Waals surface area contributed by atoms with E-state index in [9.17, 15) is 19.8 Å². The second kappa shape index (κ2) is 9.10. The molecule has 0 radical (unpaired) electrons. The number of aliphatic hydroxyl groups excluding tert-OH is 2. The molecule has 1 aromatic rings. The van der Waals surface area contributed by atoms with Crippen LogP contribution >= 0.6 is 0 Å². The highest BCUT2D eigenvalue weighted by atomic mass is 16.3. The summed E-state index contributed by atoms with van der Waals surface area (Å²) in [6, 6.07) is 10.4. The minimum absolute atomic E-state index is 0.0436. The van der Waals surface area contributed by atoms with Gasteiger partial charge in [-0.2, -0.15) is 0 Å². The fraction of sp³-hybridized carbons (Fsp3) is 0.600. The van der Waals surface area contributed by atoms with E-state index in [1.165, 1.54) is 5.56 Å². The van der Waals surface area contributed by atoms with Crippen LogP contribution in [0.4, 0.5) is 0 Å². The standard InChI is InChI=1S/C30H39NO4/c1-29-12-11-22(33)14-21(29)9-10-23-24-13-20(17-31(3)16-19-7-5-4-6-8-19)27(26(35)18-32)30(24,2)15-25(34)28(23)29/h4-8,11-12,14,20,23-25,27-28,32,34H,9-10,13,15-18H2,1-3H3/t20-,23-,24?,25-,27?,28?,29-,30-/m0/s1. The third-order valence-electron chi connectivity index (χ3n) is 10.0. The number of hydrogen-bond donors (Lipinski definition) is 2. The Morgan fingerprint density at radius 3 is 2.66 bits per heavy atom. The van der Waals surface area contributed by atoms with Crippen molar-refractivity contribution in [3.05, 3.63) is 59.7 Å². The molecule has 5 heteroatoms. The largest absolute Gasteiger partial charge is 0.393 e. The molecule has 0 aromatic heterocycles. The summed E-state index contributed by atoms with van der Waals surface area (Å²) in [5.41, 5.74) is 1.75. The first-order valence-electron chi connectivity index (χ1n) is 13.2. The van der Waals surface area contributed by atoms with Crippen LogP contribution in [0.15, 0.2) is 54.1 Å².